The van der Waals surface area contributed by atoms with E-state index in [1.165, 1.54) is 18.3 Å². The molecule has 2 N–H and O–H groups in total. The standard InChI is InChI=1S/C12H13N3O2S.ClH/c1-7(9-5-13-6-14-9)15-12(17)11-4-3-10(18-11)8(2)16;/h3-7H,1-2H3,(H,13,14)(H,15,17);1H. The van der Waals surface area contributed by atoms with Crippen molar-refractivity contribution >= 4 is 35.4 Å². The minimum atomic E-state index is -0.186. The summed E-state index contributed by atoms with van der Waals surface area (Å²) in [5.41, 5.74) is 0.840. The van der Waals surface area contributed by atoms with E-state index in [2.05, 4.69) is 15.3 Å². The first-order valence-electron chi connectivity index (χ1n) is 5.48. The summed E-state index contributed by atoms with van der Waals surface area (Å²) in [4.78, 5) is 31.1. The number of carbonyl (C=O) groups is 2. The first-order valence-corrected chi connectivity index (χ1v) is 6.29. The van der Waals surface area contributed by atoms with Crippen molar-refractivity contribution in [2.75, 3.05) is 0 Å². The maximum absolute atomic E-state index is 11.9. The second-order valence-electron chi connectivity index (χ2n) is 3.92. The van der Waals surface area contributed by atoms with Crippen molar-refractivity contribution in [2.24, 2.45) is 0 Å². The minimum Gasteiger partial charge on any atom is -0.347 e. The molecule has 1 atom stereocenters. The van der Waals surface area contributed by atoms with Crippen molar-refractivity contribution in [3.8, 4) is 0 Å². The number of ketones is 1. The molecule has 102 valence electrons. The molecule has 0 fully saturated rings. The van der Waals surface area contributed by atoms with Gasteiger partial charge in [0.25, 0.3) is 5.91 Å². The summed E-state index contributed by atoms with van der Waals surface area (Å²) in [6.45, 7) is 3.35. The molecule has 0 bridgehead atoms. The van der Waals surface area contributed by atoms with E-state index in [1.807, 2.05) is 6.92 Å². The maximum atomic E-state index is 11.9. The summed E-state index contributed by atoms with van der Waals surface area (Å²) < 4.78 is 0. The molecule has 2 aromatic heterocycles. The fourth-order valence-corrected chi connectivity index (χ4v) is 2.30. The van der Waals surface area contributed by atoms with Crippen molar-refractivity contribution in [3.05, 3.63) is 40.1 Å². The zero-order valence-corrected chi connectivity index (χ0v) is 12.1. The van der Waals surface area contributed by atoms with Gasteiger partial charge in [-0.2, -0.15) is 0 Å². The third-order valence-electron chi connectivity index (χ3n) is 2.51. The highest BCUT2D eigenvalue weighted by Gasteiger charge is 2.15. The lowest BCUT2D eigenvalue weighted by atomic mass is 10.2. The van der Waals surface area contributed by atoms with Crippen LogP contribution in [0.3, 0.4) is 0 Å². The topological polar surface area (TPSA) is 74.8 Å². The fraction of sp³-hybridized carbons (Fsp3) is 0.250. The predicted molar refractivity (Wildman–Crippen MR) is 76.0 cm³/mol. The van der Waals surface area contributed by atoms with Crippen LogP contribution in [-0.2, 0) is 0 Å². The van der Waals surface area contributed by atoms with E-state index in [4.69, 9.17) is 0 Å². The van der Waals surface area contributed by atoms with Crippen LogP contribution in [0.15, 0.2) is 24.7 Å². The predicted octanol–water partition coefficient (Wildman–Crippen LogP) is 2.59. The summed E-state index contributed by atoms with van der Waals surface area (Å²) in [7, 11) is 0. The van der Waals surface area contributed by atoms with Crippen LogP contribution in [-0.4, -0.2) is 21.7 Å². The smallest absolute Gasteiger partial charge is 0.261 e. The normalized spacial score (nSPS) is 11.5. The summed E-state index contributed by atoms with van der Waals surface area (Å²) in [5.74, 6) is -0.213. The number of thiophene rings is 1. The van der Waals surface area contributed by atoms with E-state index in [1.54, 1.807) is 24.7 Å². The highest BCUT2D eigenvalue weighted by atomic mass is 35.5. The number of Topliss-reactive ketones (excluding diaryl/α,β-unsaturated/α-hetero) is 1. The van der Waals surface area contributed by atoms with Gasteiger partial charge in [0.15, 0.2) is 5.78 Å². The first kappa shape index (κ1) is 15.4. The van der Waals surface area contributed by atoms with Gasteiger partial charge in [0.05, 0.1) is 34.0 Å². The third kappa shape index (κ3) is 3.65. The van der Waals surface area contributed by atoms with Crippen molar-refractivity contribution in [1.29, 1.82) is 0 Å². The second-order valence-corrected chi connectivity index (χ2v) is 5.01. The molecule has 0 saturated carbocycles. The monoisotopic (exact) mass is 299 g/mol. The number of rotatable bonds is 4. The average Bonchev–Trinajstić information content (AvgIpc) is 3.00. The zero-order valence-electron chi connectivity index (χ0n) is 10.5. The van der Waals surface area contributed by atoms with Gasteiger partial charge in [0.2, 0.25) is 0 Å². The number of halogens is 1. The van der Waals surface area contributed by atoms with Gasteiger partial charge in [-0.25, -0.2) is 4.98 Å². The van der Waals surface area contributed by atoms with E-state index < -0.39 is 0 Å². The van der Waals surface area contributed by atoms with Gasteiger partial charge in [-0.1, -0.05) is 0 Å². The number of H-pyrrole nitrogens is 1. The van der Waals surface area contributed by atoms with Crippen LogP contribution in [0.1, 0.15) is 44.9 Å². The van der Waals surface area contributed by atoms with E-state index in [0.29, 0.717) is 9.75 Å². The molecule has 0 aliphatic carbocycles. The number of nitrogens with one attached hydrogen (secondary N) is 2. The molecule has 0 aliphatic heterocycles. The van der Waals surface area contributed by atoms with Crippen molar-refractivity contribution in [3.63, 3.8) is 0 Å². The SMILES string of the molecule is CC(=O)c1ccc(C(=O)NC(C)c2cnc[nH]2)s1.Cl. The highest BCUT2D eigenvalue weighted by Crippen LogP contribution is 2.18. The lowest BCUT2D eigenvalue weighted by molar-refractivity contribution is 0.0942. The highest BCUT2D eigenvalue weighted by molar-refractivity contribution is 7.15. The Bertz CT molecular complexity index is 565. The fourth-order valence-electron chi connectivity index (χ4n) is 1.50. The summed E-state index contributed by atoms with van der Waals surface area (Å²) in [5, 5.41) is 2.84. The molecule has 2 heterocycles. The minimum absolute atomic E-state index is 0. The van der Waals surface area contributed by atoms with Gasteiger partial charge in [0, 0.05) is 0 Å². The Labute approximate surface area is 120 Å². The number of imidazole rings is 1. The molecule has 0 aromatic carbocycles. The van der Waals surface area contributed by atoms with Gasteiger partial charge in [-0.3, -0.25) is 9.59 Å². The Morgan fingerprint density at radius 3 is 2.58 bits per heavy atom. The van der Waals surface area contributed by atoms with Crippen LogP contribution in [0.25, 0.3) is 0 Å². The molecule has 0 aliphatic rings. The van der Waals surface area contributed by atoms with E-state index >= 15 is 0 Å². The molecule has 1 amide bonds. The first-order chi connectivity index (χ1) is 8.58. The lowest BCUT2D eigenvalue weighted by Crippen LogP contribution is -2.26. The molecular weight excluding hydrogens is 286 g/mol. The molecule has 2 aromatic rings. The van der Waals surface area contributed by atoms with Crippen molar-refractivity contribution in [1.82, 2.24) is 15.3 Å². The van der Waals surface area contributed by atoms with Crippen molar-refractivity contribution in [2.45, 2.75) is 19.9 Å². The van der Waals surface area contributed by atoms with Crippen LogP contribution in [0, 0.1) is 0 Å². The molecule has 2 rings (SSSR count). The number of aromatic nitrogens is 2. The van der Waals surface area contributed by atoms with Gasteiger partial charge in [0.1, 0.15) is 0 Å². The number of hydrogen-bond donors (Lipinski definition) is 2. The number of nitrogens with zero attached hydrogens (tertiary/aromatic N) is 1. The molecular formula is C12H14ClN3O2S. The molecule has 0 saturated heterocycles. The molecule has 0 spiro atoms. The molecule has 19 heavy (non-hydrogen) atoms. The lowest BCUT2D eigenvalue weighted by Gasteiger charge is -2.10. The maximum Gasteiger partial charge on any atom is 0.261 e. The summed E-state index contributed by atoms with van der Waals surface area (Å²) in [6, 6.07) is 3.18. The largest absolute Gasteiger partial charge is 0.347 e. The Balaban J connectivity index is 0.00000180. The number of amides is 1. The zero-order chi connectivity index (χ0) is 13.1. The Kier molecular flexibility index (Phi) is 5.26. The van der Waals surface area contributed by atoms with Crippen LogP contribution in [0.4, 0.5) is 0 Å². The Morgan fingerprint density at radius 2 is 2.05 bits per heavy atom. The Hall–Kier alpha value is -1.66. The number of aromatic amines is 1. The van der Waals surface area contributed by atoms with Crippen LogP contribution < -0.4 is 5.32 Å². The molecule has 0 radical (unpaired) electrons. The Morgan fingerprint density at radius 1 is 1.37 bits per heavy atom. The third-order valence-corrected chi connectivity index (χ3v) is 3.70. The second kappa shape index (κ2) is 6.49. The van der Waals surface area contributed by atoms with Gasteiger partial charge >= 0.3 is 0 Å². The van der Waals surface area contributed by atoms with Crippen molar-refractivity contribution < 1.29 is 9.59 Å². The summed E-state index contributed by atoms with van der Waals surface area (Å²) in [6.07, 6.45) is 3.23. The summed E-state index contributed by atoms with van der Waals surface area (Å²) >= 11 is 1.20. The number of carbonyl (C=O) groups excluding carboxylic acids is 2. The van der Waals surface area contributed by atoms with E-state index in [-0.39, 0.29) is 30.1 Å². The van der Waals surface area contributed by atoms with Crippen LogP contribution in [0.2, 0.25) is 0 Å². The van der Waals surface area contributed by atoms with E-state index in [9.17, 15) is 9.59 Å². The number of hydrogen-bond acceptors (Lipinski definition) is 4. The molecule has 5 nitrogen and oxygen atoms in total. The quantitative estimate of drug-likeness (QED) is 0.852. The van der Waals surface area contributed by atoms with Crippen LogP contribution >= 0.6 is 23.7 Å². The molecule has 7 heteroatoms. The van der Waals surface area contributed by atoms with Gasteiger partial charge in [-0.05, 0) is 26.0 Å². The van der Waals surface area contributed by atoms with E-state index in [0.717, 1.165) is 5.69 Å². The van der Waals surface area contributed by atoms with Gasteiger partial charge in [-0.15, -0.1) is 23.7 Å². The molecule has 1 unspecified atom stereocenters. The van der Waals surface area contributed by atoms with Gasteiger partial charge < -0.3 is 10.3 Å². The van der Waals surface area contributed by atoms with Crippen LogP contribution in [0.5, 0.6) is 0 Å². The average molecular weight is 300 g/mol.